The lowest BCUT2D eigenvalue weighted by atomic mass is 10.1. The van der Waals surface area contributed by atoms with Crippen molar-refractivity contribution < 1.29 is 4.74 Å². The minimum absolute atomic E-state index is 0.760. The van der Waals surface area contributed by atoms with E-state index >= 15 is 0 Å². The van der Waals surface area contributed by atoms with Crippen LogP contribution >= 0.6 is 0 Å². The molecule has 0 saturated carbocycles. The largest absolute Gasteiger partial charge is 0.377 e. The third kappa shape index (κ3) is 4.48. The van der Waals surface area contributed by atoms with Crippen molar-refractivity contribution in [2.45, 2.75) is 46.6 Å². The van der Waals surface area contributed by atoms with Crippen molar-refractivity contribution in [3.05, 3.63) is 34.9 Å². The SMILES string of the molecule is CCCCCOCc1ccc(C)cc1C. The number of aryl methyl sites for hydroxylation is 2. The van der Waals surface area contributed by atoms with Crippen LogP contribution in [0.5, 0.6) is 0 Å². The number of rotatable bonds is 6. The molecule has 0 aliphatic carbocycles. The maximum atomic E-state index is 5.64. The van der Waals surface area contributed by atoms with Gasteiger partial charge in [0, 0.05) is 6.61 Å². The highest BCUT2D eigenvalue weighted by Crippen LogP contribution is 2.11. The molecule has 0 amide bonds. The predicted octanol–water partition coefficient (Wildman–Crippen LogP) is 4.01. The summed E-state index contributed by atoms with van der Waals surface area (Å²) in [5.74, 6) is 0. The van der Waals surface area contributed by atoms with E-state index < -0.39 is 0 Å². The molecule has 0 N–H and O–H groups in total. The molecule has 1 nitrogen and oxygen atoms in total. The van der Waals surface area contributed by atoms with Gasteiger partial charge in [-0.2, -0.15) is 0 Å². The van der Waals surface area contributed by atoms with Crippen LogP contribution in [-0.2, 0) is 11.3 Å². The fourth-order valence-corrected chi connectivity index (χ4v) is 1.64. The summed E-state index contributed by atoms with van der Waals surface area (Å²) in [5, 5.41) is 0. The molecule has 0 fully saturated rings. The van der Waals surface area contributed by atoms with Crippen molar-refractivity contribution in [2.24, 2.45) is 0 Å². The van der Waals surface area contributed by atoms with Crippen molar-refractivity contribution >= 4 is 0 Å². The van der Waals surface area contributed by atoms with Crippen molar-refractivity contribution in [1.29, 1.82) is 0 Å². The molecule has 0 unspecified atom stereocenters. The maximum Gasteiger partial charge on any atom is 0.0719 e. The second-order valence-electron chi connectivity index (χ2n) is 4.19. The molecule has 0 bridgehead atoms. The lowest BCUT2D eigenvalue weighted by Crippen LogP contribution is -1.97. The van der Waals surface area contributed by atoms with Gasteiger partial charge in [-0.1, -0.05) is 43.5 Å². The average Bonchev–Trinajstić information content (AvgIpc) is 2.20. The zero-order valence-corrected chi connectivity index (χ0v) is 10.2. The Hall–Kier alpha value is -0.820. The molecular weight excluding hydrogens is 184 g/mol. The lowest BCUT2D eigenvalue weighted by molar-refractivity contribution is 0.116. The van der Waals surface area contributed by atoms with Gasteiger partial charge in [0.05, 0.1) is 6.61 Å². The van der Waals surface area contributed by atoms with Gasteiger partial charge in [-0.25, -0.2) is 0 Å². The highest BCUT2D eigenvalue weighted by atomic mass is 16.5. The van der Waals surface area contributed by atoms with E-state index in [2.05, 4.69) is 39.0 Å². The molecule has 84 valence electrons. The molecule has 0 aromatic heterocycles. The Labute approximate surface area is 93.5 Å². The monoisotopic (exact) mass is 206 g/mol. The molecule has 1 rings (SSSR count). The molecular formula is C14H22O. The van der Waals surface area contributed by atoms with Gasteiger partial charge in [-0.05, 0) is 31.4 Å². The molecule has 0 spiro atoms. The van der Waals surface area contributed by atoms with Crippen LogP contribution < -0.4 is 0 Å². The second kappa shape index (κ2) is 6.62. The van der Waals surface area contributed by atoms with Crippen molar-refractivity contribution in [3.8, 4) is 0 Å². The summed E-state index contributed by atoms with van der Waals surface area (Å²) in [7, 11) is 0. The number of ether oxygens (including phenoxy) is 1. The summed E-state index contributed by atoms with van der Waals surface area (Å²) < 4.78 is 5.64. The molecule has 0 aliphatic heterocycles. The topological polar surface area (TPSA) is 9.23 Å². The highest BCUT2D eigenvalue weighted by molar-refractivity contribution is 5.29. The van der Waals surface area contributed by atoms with E-state index in [0.29, 0.717) is 0 Å². The minimum Gasteiger partial charge on any atom is -0.377 e. The average molecular weight is 206 g/mol. The Bertz CT molecular complexity index is 291. The highest BCUT2D eigenvalue weighted by Gasteiger charge is 1.98. The fraction of sp³-hybridized carbons (Fsp3) is 0.571. The molecule has 0 radical (unpaired) electrons. The molecule has 0 aliphatic rings. The van der Waals surface area contributed by atoms with Gasteiger partial charge in [-0.15, -0.1) is 0 Å². The first-order valence-corrected chi connectivity index (χ1v) is 5.88. The van der Waals surface area contributed by atoms with E-state index in [0.717, 1.165) is 13.2 Å². The Balaban J connectivity index is 2.31. The van der Waals surface area contributed by atoms with Gasteiger partial charge < -0.3 is 4.74 Å². The summed E-state index contributed by atoms with van der Waals surface area (Å²) >= 11 is 0. The molecule has 0 saturated heterocycles. The van der Waals surface area contributed by atoms with E-state index in [1.807, 2.05) is 0 Å². The van der Waals surface area contributed by atoms with E-state index in [4.69, 9.17) is 4.74 Å². The third-order valence-electron chi connectivity index (χ3n) is 2.65. The van der Waals surface area contributed by atoms with Gasteiger partial charge in [0.25, 0.3) is 0 Å². The summed E-state index contributed by atoms with van der Waals surface area (Å²) in [5.41, 5.74) is 3.98. The first-order chi connectivity index (χ1) is 7.24. The zero-order chi connectivity index (χ0) is 11.1. The molecule has 0 atom stereocenters. The number of hydrogen-bond acceptors (Lipinski definition) is 1. The van der Waals surface area contributed by atoms with Crippen LogP contribution in [0.15, 0.2) is 18.2 Å². The van der Waals surface area contributed by atoms with E-state index in [1.165, 1.54) is 36.0 Å². The smallest absolute Gasteiger partial charge is 0.0719 e. The number of unbranched alkanes of at least 4 members (excludes halogenated alkanes) is 2. The number of hydrogen-bond donors (Lipinski definition) is 0. The summed E-state index contributed by atoms with van der Waals surface area (Å²) in [6.45, 7) is 8.14. The number of benzene rings is 1. The first kappa shape index (κ1) is 12.3. The molecule has 1 heteroatoms. The van der Waals surface area contributed by atoms with E-state index in [1.54, 1.807) is 0 Å². The Morgan fingerprint density at radius 2 is 1.93 bits per heavy atom. The summed E-state index contributed by atoms with van der Waals surface area (Å²) in [6.07, 6.45) is 3.71. The first-order valence-electron chi connectivity index (χ1n) is 5.88. The standard InChI is InChI=1S/C14H22O/c1-4-5-6-9-15-11-14-8-7-12(2)10-13(14)3/h7-8,10H,4-6,9,11H2,1-3H3. The minimum atomic E-state index is 0.760. The second-order valence-corrected chi connectivity index (χ2v) is 4.19. The predicted molar refractivity (Wildman–Crippen MR) is 65.1 cm³/mol. The Morgan fingerprint density at radius 3 is 2.60 bits per heavy atom. The summed E-state index contributed by atoms with van der Waals surface area (Å²) in [6, 6.07) is 6.53. The molecule has 0 heterocycles. The van der Waals surface area contributed by atoms with Crippen LogP contribution in [0, 0.1) is 13.8 Å². The van der Waals surface area contributed by atoms with Crippen LogP contribution in [0.3, 0.4) is 0 Å². The summed E-state index contributed by atoms with van der Waals surface area (Å²) in [4.78, 5) is 0. The molecule has 1 aromatic rings. The maximum absolute atomic E-state index is 5.64. The fourth-order valence-electron chi connectivity index (χ4n) is 1.64. The Kier molecular flexibility index (Phi) is 5.41. The Morgan fingerprint density at radius 1 is 1.13 bits per heavy atom. The van der Waals surface area contributed by atoms with Crippen LogP contribution in [-0.4, -0.2) is 6.61 Å². The van der Waals surface area contributed by atoms with Gasteiger partial charge in [0.15, 0.2) is 0 Å². The van der Waals surface area contributed by atoms with Gasteiger partial charge in [0.1, 0.15) is 0 Å². The zero-order valence-electron chi connectivity index (χ0n) is 10.2. The van der Waals surface area contributed by atoms with Crippen molar-refractivity contribution in [2.75, 3.05) is 6.61 Å². The van der Waals surface area contributed by atoms with E-state index in [9.17, 15) is 0 Å². The van der Waals surface area contributed by atoms with Gasteiger partial charge >= 0.3 is 0 Å². The van der Waals surface area contributed by atoms with Crippen LogP contribution in [0.25, 0.3) is 0 Å². The van der Waals surface area contributed by atoms with Gasteiger partial charge in [0.2, 0.25) is 0 Å². The van der Waals surface area contributed by atoms with Crippen LogP contribution in [0.2, 0.25) is 0 Å². The van der Waals surface area contributed by atoms with Crippen LogP contribution in [0.4, 0.5) is 0 Å². The molecule has 15 heavy (non-hydrogen) atoms. The van der Waals surface area contributed by atoms with E-state index in [-0.39, 0.29) is 0 Å². The lowest BCUT2D eigenvalue weighted by Gasteiger charge is -2.07. The quantitative estimate of drug-likeness (QED) is 0.639. The normalized spacial score (nSPS) is 10.6. The van der Waals surface area contributed by atoms with Crippen LogP contribution in [0.1, 0.15) is 42.9 Å². The third-order valence-corrected chi connectivity index (χ3v) is 2.65. The van der Waals surface area contributed by atoms with Crippen molar-refractivity contribution in [3.63, 3.8) is 0 Å². The van der Waals surface area contributed by atoms with Gasteiger partial charge in [-0.3, -0.25) is 0 Å². The molecule has 1 aromatic carbocycles. The van der Waals surface area contributed by atoms with Crippen molar-refractivity contribution in [1.82, 2.24) is 0 Å².